The smallest absolute Gasteiger partial charge is 0.0541 e. The summed E-state index contributed by atoms with van der Waals surface area (Å²) in [5, 5.41) is 5.19. The van der Waals surface area contributed by atoms with Crippen LogP contribution in [-0.2, 0) is 6.42 Å². The Kier molecular flexibility index (Phi) is 6.43. The Bertz CT molecular complexity index is 1780. The van der Waals surface area contributed by atoms with Gasteiger partial charge in [0.25, 0.3) is 0 Å². The Balaban J connectivity index is 1.53. The maximum absolute atomic E-state index is 2.47. The fourth-order valence-corrected chi connectivity index (χ4v) is 6.93. The number of benzene rings is 5. The van der Waals surface area contributed by atoms with Crippen LogP contribution in [0.3, 0.4) is 0 Å². The quantitative estimate of drug-likeness (QED) is 0.192. The highest BCUT2D eigenvalue weighted by atomic mass is 15.0. The van der Waals surface area contributed by atoms with Crippen LogP contribution in [0.15, 0.2) is 115 Å². The van der Waals surface area contributed by atoms with E-state index in [4.69, 9.17) is 0 Å². The monoisotopic (exact) mass is 534 g/mol. The Labute approximate surface area is 242 Å². The average molecular weight is 535 g/mol. The topological polar surface area (TPSA) is 9.86 Å². The normalized spacial score (nSPS) is 12.9. The Morgan fingerprint density at radius 3 is 1.20 bits per heavy atom. The van der Waals surface area contributed by atoms with Gasteiger partial charge in [-0.3, -0.25) is 0 Å². The van der Waals surface area contributed by atoms with E-state index >= 15 is 0 Å². The van der Waals surface area contributed by atoms with Crippen LogP contribution >= 0.6 is 0 Å². The van der Waals surface area contributed by atoms with Crippen LogP contribution in [0.4, 0.5) is 0 Å². The summed E-state index contributed by atoms with van der Waals surface area (Å²) in [6.07, 6.45) is 2.31. The van der Waals surface area contributed by atoms with Crippen LogP contribution in [-0.4, -0.2) is 9.13 Å². The van der Waals surface area contributed by atoms with Crippen LogP contribution in [0.2, 0.25) is 0 Å². The molecule has 0 aliphatic carbocycles. The fourth-order valence-electron chi connectivity index (χ4n) is 6.93. The maximum atomic E-state index is 2.47. The van der Waals surface area contributed by atoms with Crippen molar-refractivity contribution in [2.45, 2.75) is 40.5 Å². The number of hydrogen-bond donors (Lipinski definition) is 0. The summed E-state index contributed by atoms with van der Waals surface area (Å²) < 4.78 is 4.94. The minimum Gasteiger partial charge on any atom is -0.309 e. The molecule has 0 aliphatic heterocycles. The first-order valence-electron chi connectivity index (χ1n) is 15.1. The minimum absolute atomic E-state index is 0.631. The third-order valence-corrected chi connectivity index (χ3v) is 8.85. The van der Waals surface area contributed by atoms with Crippen molar-refractivity contribution < 1.29 is 0 Å². The summed E-state index contributed by atoms with van der Waals surface area (Å²) in [5.41, 5.74) is 8.86. The average Bonchev–Trinajstić information content (AvgIpc) is 3.50. The summed E-state index contributed by atoms with van der Waals surface area (Å²) in [7, 11) is 0. The highest BCUT2D eigenvalue weighted by molar-refractivity contribution is 6.10. The fraction of sp³-hybridized carbons (Fsp3) is 0.231. The minimum atomic E-state index is 0.631. The molecule has 0 aliphatic rings. The summed E-state index contributed by atoms with van der Waals surface area (Å²) in [5.74, 6) is 1.94. The summed E-state index contributed by atoms with van der Waals surface area (Å²) in [6.45, 7) is 9.48. The van der Waals surface area contributed by atoms with E-state index in [0.29, 0.717) is 17.8 Å². The predicted molar refractivity (Wildman–Crippen MR) is 177 cm³/mol. The number of aromatic nitrogens is 2. The highest BCUT2D eigenvalue weighted by Gasteiger charge is 2.20. The van der Waals surface area contributed by atoms with Crippen LogP contribution < -0.4 is 0 Å². The van der Waals surface area contributed by atoms with Crippen molar-refractivity contribution in [3.63, 3.8) is 0 Å². The van der Waals surface area contributed by atoms with E-state index < -0.39 is 0 Å². The van der Waals surface area contributed by atoms with Gasteiger partial charge in [-0.05, 0) is 78.6 Å². The van der Waals surface area contributed by atoms with Crippen molar-refractivity contribution in [3.05, 3.63) is 121 Å². The van der Waals surface area contributed by atoms with Crippen LogP contribution in [0, 0.1) is 17.8 Å². The van der Waals surface area contributed by atoms with E-state index in [0.717, 1.165) is 6.42 Å². The van der Waals surface area contributed by atoms with Crippen molar-refractivity contribution >= 4 is 43.6 Å². The molecule has 0 bridgehead atoms. The number of rotatable bonds is 7. The van der Waals surface area contributed by atoms with Crippen molar-refractivity contribution in [1.82, 2.24) is 9.13 Å². The molecule has 7 rings (SSSR count). The van der Waals surface area contributed by atoms with E-state index in [-0.39, 0.29) is 0 Å². The molecule has 0 saturated heterocycles. The largest absolute Gasteiger partial charge is 0.309 e. The van der Waals surface area contributed by atoms with Gasteiger partial charge in [-0.25, -0.2) is 0 Å². The molecule has 1 atom stereocenters. The van der Waals surface area contributed by atoms with Crippen molar-refractivity contribution in [3.8, 4) is 11.4 Å². The molecular formula is C39H38N2. The van der Waals surface area contributed by atoms with Crippen molar-refractivity contribution in [2.75, 3.05) is 0 Å². The lowest BCUT2D eigenvalue weighted by Crippen LogP contribution is -2.15. The molecule has 41 heavy (non-hydrogen) atoms. The third-order valence-electron chi connectivity index (χ3n) is 8.85. The Morgan fingerprint density at radius 2 is 0.854 bits per heavy atom. The molecule has 0 fully saturated rings. The van der Waals surface area contributed by atoms with Gasteiger partial charge in [0.05, 0.1) is 22.1 Å². The molecule has 2 nitrogen and oxygen atoms in total. The van der Waals surface area contributed by atoms with E-state index in [1.54, 1.807) is 0 Å². The van der Waals surface area contributed by atoms with Gasteiger partial charge in [0.2, 0.25) is 0 Å². The molecule has 204 valence electrons. The Hall–Kier alpha value is -4.30. The van der Waals surface area contributed by atoms with Crippen molar-refractivity contribution in [1.29, 1.82) is 0 Å². The van der Waals surface area contributed by atoms with Crippen LogP contribution in [0.5, 0.6) is 0 Å². The molecule has 2 aromatic heterocycles. The van der Waals surface area contributed by atoms with Gasteiger partial charge in [-0.15, -0.1) is 0 Å². The number of hydrogen-bond acceptors (Lipinski definition) is 0. The van der Waals surface area contributed by atoms with Gasteiger partial charge >= 0.3 is 0 Å². The van der Waals surface area contributed by atoms with E-state index in [1.165, 1.54) is 67.0 Å². The summed E-state index contributed by atoms with van der Waals surface area (Å²) in [4.78, 5) is 0. The lowest BCUT2D eigenvalue weighted by Gasteiger charge is -2.24. The molecular weight excluding hydrogens is 496 g/mol. The predicted octanol–water partition coefficient (Wildman–Crippen LogP) is 10.7. The zero-order chi connectivity index (χ0) is 28.1. The second kappa shape index (κ2) is 10.3. The Morgan fingerprint density at radius 1 is 0.488 bits per heavy atom. The van der Waals surface area contributed by atoms with Crippen LogP contribution in [0.25, 0.3) is 55.0 Å². The lowest BCUT2D eigenvalue weighted by atomic mass is 9.83. The number of fused-ring (bicyclic) bond motifs is 6. The van der Waals surface area contributed by atoms with Gasteiger partial charge in [0.15, 0.2) is 0 Å². The molecule has 1 unspecified atom stereocenters. The highest BCUT2D eigenvalue weighted by Crippen LogP contribution is 2.37. The second-order valence-corrected chi connectivity index (χ2v) is 12.4. The van der Waals surface area contributed by atoms with E-state index in [2.05, 4.69) is 152 Å². The summed E-state index contributed by atoms with van der Waals surface area (Å²) in [6, 6.07) is 42.6. The summed E-state index contributed by atoms with van der Waals surface area (Å²) >= 11 is 0. The SMILES string of the molecule is CC(C)CC(Cc1cc(-n2c3ccccc3c3ccccc32)cc(-n2c3ccccc3c3ccccc32)c1)C(C)C. The molecule has 0 N–H and O–H groups in total. The van der Waals surface area contributed by atoms with Gasteiger partial charge in [-0.1, -0.05) is 100 Å². The maximum Gasteiger partial charge on any atom is 0.0541 e. The molecule has 2 heterocycles. The van der Waals surface area contributed by atoms with Crippen LogP contribution in [0.1, 0.15) is 39.7 Å². The van der Waals surface area contributed by atoms with E-state index in [9.17, 15) is 0 Å². The second-order valence-electron chi connectivity index (χ2n) is 12.4. The number of para-hydroxylation sites is 4. The molecule has 0 radical (unpaired) electrons. The standard InChI is InChI=1S/C39H38N2/c1-26(2)21-29(27(3)4)22-28-23-30(40-36-17-9-5-13-32(36)33-14-6-10-18-37(33)40)25-31(24-28)41-38-19-11-7-15-34(38)35-16-8-12-20-39(35)41/h5-20,23-27,29H,21-22H2,1-4H3. The first-order valence-corrected chi connectivity index (χ1v) is 15.1. The van der Waals surface area contributed by atoms with Crippen molar-refractivity contribution in [2.24, 2.45) is 17.8 Å². The molecule has 2 heteroatoms. The molecule has 7 aromatic rings. The zero-order valence-corrected chi connectivity index (χ0v) is 24.5. The van der Waals surface area contributed by atoms with Gasteiger partial charge in [0.1, 0.15) is 0 Å². The first-order chi connectivity index (χ1) is 20.0. The third kappa shape index (κ3) is 4.43. The molecule has 0 saturated carbocycles. The first kappa shape index (κ1) is 25.7. The zero-order valence-electron chi connectivity index (χ0n) is 24.5. The van der Waals surface area contributed by atoms with Gasteiger partial charge in [0, 0.05) is 32.9 Å². The number of nitrogens with zero attached hydrogens (tertiary/aromatic N) is 2. The molecule has 0 amide bonds. The van der Waals surface area contributed by atoms with Gasteiger partial charge in [-0.2, -0.15) is 0 Å². The molecule has 0 spiro atoms. The van der Waals surface area contributed by atoms with Gasteiger partial charge < -0.3 is 9.13 Å². The van der Waals surface area contributed by atoms with E-state index in [1.807, 2.05) is 0 Å². The lowest BCUT2D eigenvalue weighted by molar-refractivity contribution is 0.315. The molecule has 5 aromatic carbocycles.